The van der Waals surface area contributed by atoms with Crippen molar-refractivity contribution in [2.45, 2.75) is 56.7 Å². The Morgan fingerprint density at radius 1 is 1.19 bits per heavy atom. The van der Waals surface area contributed by atoms with E-state index in [4.69, 9.17) is 4.74 Å². The number of aliphatic hydroxyl groups excluding tert-OH is 4. The summed E-state index contributed by atoms with van der Waals surface area (Å²) in [6.07, 6.45) is -1.11. The van der Waals surface area contributed by atoms with Crippen LogP contribution in [0, 0.1) is 11.8 Å². The minimum Gasteiger partial charge on any atom is -0.394 e. The van der Waals surface area contributed by atoms with Gasteiger partial charge in [0.05, 0.1) is 12.2 Å². The Balaban J connectivity index is 1.94. The zero-order valence-corrected chi connectivity index (χ0v) is 15.5. The van der Waals surface area contributed by atoms with Gasteiger partial charge in [-0.1, -0.05) is 25.2 Å². The number of aryl methyl sites for hydroxylation is 2. The molecule has 1 fully saturated rings. The summed E-state index contributed by atoms with van der Waals surface area (Å²) in [6.45, 7) is 1.67. The summed E-state index contributed by atoms with van der Waals surface area (Å²) in [7, 11) is 1.85. The summed E-state index contributed by atoms with van der Waals surface area (Å²) in [5.74, 6) is 5.85. The molecule has 1 aliphatic rings. The van der Waals surface area contributed by atoms with Crippen LogP contribution in [0.4, 0.5) is 0 Å². The van der Waals surface area contributed by atoms with Gasteiger partial charge in [-0.05, 0) is 30.5 Å². The van der Waals surface area contributed by atoms with E-state index in [9.17, 15) is 20.4 Å². The molecule has 1 aromatic carbocycles. The lowest BCUT2D eigenvalue weighted by molar-refractivity contribution is -0.214. The largest absolute Gasteiger partial charge is 0.394 e. The Morgan fingerprint density at radius 2 is 1.96 bits per heavy atom. The first-order valence-electron chi connectivity index (χ1n) is 9.23. The fourth-order valence-electron chi connectivity index (χ4n) is 3.31. The topological polar surface area (TPSA) is 108 Å². The third-order valence-corrected chi connectivity index (χ3v) is 4.84. The van der Waals surface area contributed by atoms with Gasteiger partial charge in [-0.25, -0.2) is 0 Å². The van der Waals surface area contributed by atoms with Crippen molar-refractivity contribution in [3.8, 4) is 11.8 Å². The Kier molecular flexibility index (Phi) is 6.15. The molecule has 0 bridgehead atoms. The number of hydrogen-bond donors (Lipinski definition) is 4. The molecule has 7 heteroatoms. The molecule has 2 heterocycles. The third kappa shape index (κ3) is 4.15. The molecule has 0 amide bonds. The number of unbranched alkanes of at least 4 members (excludes halogenated alkanes) is 1. The Morgan fingerprint density at radius 3 is 2.67 bits per heavy atom. The summed E-state index contributed by atoms with van der Waals surface area (Å²) in [6, 6.07) is 4.10. The first-order valence-corrected chi connectivity index (χ1v) is 9.23. The first-order chi connectivity index (χ1) is 12.9. The molecule has 2 aromatic rings. The summed E-state index contributed by atoms with van der Waals surface area (Å²) >= 11 is 0. The average Bonchev–Trinajstić information content (AvgIpc) is 3.04. The second kappa shape index (κ2) is 8.38. The van der Waals surface area contributed by atoms with Crippen LogP contribution in [0.25, 0.3) is 10.9 Å². The molecule has 0 aliphatic carbocycles. The molecule has 1 aromatic heterocycles. The molecule has 146 valence electrons. The van der Waals surface area contributed by atoms with Crippen molar-refractivity contribution in [3.05, 3.63) is 29.5 Å². The normalized spacial score (nSPS) is 28.1. The van der Waals surface area contributed by atoms with Gasteiger partial charge in [-0.2, -0.15) is 5.10 Å². The number of fused-ring (bicyclic) bond motifs is 1. The number of aromatic nitrogens is 2. The highest BCUT2D eigenvalue weighted by atomic mass is 16.5. The standard InChI is InChI=1S/C20H26N2O5/c1-3-4-5-12-8-13(17-14(9-12)10-22(2)21-17)6-7-15-18(24)20(26)19(25)16(11-23)27-15/h8-10,15-16,18-20,23-26H,3-5,11H2,1-2H3/t15?,16?,18?,19-,20?/m1/s1. The van der Waals surface area contributed by atoms with Crippen LogP contribution in [-0.4, -0.2) is 67.3 Å². The molecule has 5 atom stereocenters. The molecule has 0 spiro atoms. The monoisotopic (exact) mass is 374 g/mol. The highest BCUT2D eigenvalue weighted by molar-refractivity contribution is 5.85. The minimum atomic E-state index is -1.43. The van der Waals surface area contributed by atoms with Gasteiger partial charge >= 0.3 is 0 Å². The second-order valence-electron chi connectivity index (χ2n) is 7.01. The molecular formula is C20H26N2O5. The van der Waals surface area contributed by atoms with Crippen molar-refractivity contribution in [1.82, 2.24) is 9.78 Å². The van der Waals surface area contributed by atoms with Crippen molar-refractivity contribution in [1.29, 1.82) is 0 Å². The molecule has 27 heavy (non-hydrogen) atoms. The van der Waals surface area contributed by atoms with Crippen LogP contribution >= 0.6 is 0 Å². The van der Waals surface area contributed by atoms with E-state index in [1.807, 2.05) is 19.3 Å². The van der Waals surface area contributed by atoms with E-state index in [1.54, 1.807) is 4.68 Å². The van der Waals surface area contributed by atoms with Crippen LogP contribution < -0.4 is 0 Å². The van der Waals surface area contributed by atoms with Gasteiger partial charge in [-0.3, -0.25) is 4.68 Å². The lowest BCUT2D eigenvalue weighted by Crippen LogP contribution is -2.58. The molecule has 4 N–H and O–H groups in total. The van der Waals surface area contributed by atoms with E-state index >= 15 is 0 Å². The highest BCUT2D eigenvalue weighted by Gasteiger charge is 2.42. The SMILES string of the molecule is CCCCc1cc(C#CC2OC(CO)[C@@H](O)C(O)C2O)c2nn(C)cc2c1. The highest BCUT2D eigenvalue weighted by Crippen LogP contribution is 2.23. The Hall–Kier alpha value is -1.95. The van der Waals surface area contributed by atoms with Gasteiger partial charge in [0.25, 0.3) is 0 Å². The molecule has 0 radical (unpaired) electrons. The fourth-order valence-corrected chi connectivity index (χ4v) is 3.31. The van der Waals surface area contributed by atoms with Crippen LogP contribution in [0.3, 0.4) is 0 Å². The van der Waals surface area contributed by atoms with E-state index in [0.717, 1.165) is 41.3 Å². The second-order valence-corrected chi connectivity index (χ2v) is 7.01. The first kappa shape index (κ1) is 19.8. The van der Waals surface area contributed by atoms with E-state index in [2.05, 4.69) is 29.9 Å². The van der Waals surface area contributed by atoms with Gasteiger partial charge in [0, 0.05) is 18.6 Å². The maximum atomic E-state index is 10.1. The van der Waals surface area contributed by atoms with Gasteiger partial charge in [0.15, 0.2) is 0 Å². The van der Waals surface area contributed by atoms with Crippen LogP contribution in [0.2, 0.25) is 0 Å². The van der Waals surface area contributed by atoms with Crippen molar-refractivity contribution in [2.24, 2.45) is 7.05 Å². The number of ether oxygens (including phenoxy) is 1. The van der Waals surface area contributed by atoms with E-state index < -0.39 is 37.1 Å². The smallest absolute Gasteiger partial charge is 0.147 e. The molecule has 1 aliphatic heterocycles. The van der Waals surface area contributed by atoms with Gasteiger partial charge in [0.1, 0.15) is 36.0 Å². The van der Waals surface area contributed by atoms with Gasteiger partial charge in [-0.15, -0.1) is 0 Å². The van der Waals surface area contributed by atoms with Crippen LogP contribution in [0.1, 0.15) is 30.9 Å². The fraction of sp³-hybridized carbons (Fsp3) is 0.550. The average molecular weight is 374 g/mol. The van der Waals surface area contributed by atoms with Crippen molar-refractivity contribution in [3.63, 3.8) is 0 Å². The zero-order valence-electron chi connectivity index (χ0n) is 15.5. The quantitative estimate of drug-likeness (QED) is 0.566. The van der Waals surface area contributed by atoms with E-state index in [1.165, 1.54) is 0 Å². The van der Waals surface area contributed by atoms with Crippen LogP contribution in [0.5, 0.6) is 0 Å². The number of benzene rings is 1. The molecule has 3 rings (SSSR count). The number of rotatable bonds is 4. The third-order valence-electron chi connectivity index (χ3n) is 4.84. The van der Waals surface area contributed by atoms with E-state index in [-0.39, 0.29) is 0 Å². The van der Waals surface area contributed by atoms with Crippen molar-refractivity contribution in [2.75, 3.05) is 6.61 Å². The molecule has 0 saturated carbocycles. The van der Waals surface area contributed by atoms with Crippen molar-refractivity contribution >= 4 is 10.9 Å². The van der Waals surface area contributed by atoms with Crippen LogP contribution in [0.15, 0.2) is 18.3 Å². The molecular weight excluding hydrogens is 348 g/mol. The van der Waals surface area contributed by atoms with Crippen molar-refractivity contribution < 1.29 is 25.2 Å². The maximum absolute atomic E-state index is 10.1. The maximum Gasteiger partial charge on any atom is 0.147 e. The number of nitrogens with zero attached hydrogens (tertiary/aromatic N) is 2. The lowest BCUT2D eigenvalue weighted by Gasteiger charge is -2.37. The number of aliphatic hydroxyl groups is 4. The summed E-state index contributed by atoms with van der Waals surface area (Å²) in [5.41, 5.74) is 2.64. The van der Waals surface area contributed by atoms with Crippen LogP contribution in [-0.2, 0) is 18.2 Å². The Labute approximate surface area is 158 Å². The van der Waals surface area contributed by atoms with E-state index in [0.29, 0.717) is 0 Å². The molecule has 1 saturated heterocycles. The lowest BCUT2D eigenvalue weighted by atomic mass is 9.95. The zero-order chi connectivity index (χ0) is 19.6. The predicted octanol–water partition coefficient (Wildman–Crippen LogP) is 0.110. The minimum absolute atomic E-state index is 0.472. The predicted molar refractivity (Wildman–Crippen MR) is 100.0 cm³/mol. The van der Waals surface area contributed by atoms with Gasteiger partial charge in [0.2, 0.25) is 0 Å². The molecule has 4 unspecified atom stereocenters. The molecule has 7 nitrogen and oxygen atoms in total. The summed E-state index contributed by atoms with van der Waals surface area (Å²) in [4.78, 5) is 0. The summed E-state index contributed by atoms with van der Waals surface area (Å²) < 4.78 is 7.18. The van der Waals surface area contributed by atoms with Gasteiger partial charge < -0.3 is 25.2 Å². The summed E-state index contributed by atoms with van der Waals surface area (Å²) in [5, 5.41) is 44.7. The Bertz CT molecular complexity index is 851. The number of hydrogen-bond acceptors (Lipinski definition) is 6.